The molecule has 2 aromatic heterocycles. The number of nitrogen functional groups attached to an aromatic ring is 1. The maximum Gasteiger partial charge on any atom is 0.325 e. The highest BCUT2D eigenvalue weighted by molar-refractivity contribution is 7.13. The number of carbonyl (C=O) groups excluding carboxylic acids is 1. The Morgan fingerprint density at radius 2 is 2.17 bits per heavy atom. The lowest BCUT2D eigenvalue weighted by Gasteiger charge is -2.11. The van der Waals surface area contributed by atoms with E-state index in [9.17, 15) is 4.79 Å². The summed E-state index contributed by atoms with van der Waals surface area (Å²) in [5.41, 5.74) is 7.40. The minimum absolute atomic E-state index is 0.173. The van der Waals surface area contributed by atoms with Crippen LogP contribution in [-0.2, 0) is 4.84 Å². The number of ether oxygens (including phenoxy) is 1. The predicted octanol–water partition coefficient (Wildman–Crippen LogP) is 3.89. The molecule has 0 aliphatic rings. The number of aromatic nitrogens is 3. The van der Waals surface area contributed by atoms with Gasteiger partial charge in [-0.05, 0) is 19.1 Å². The van der Waals surface area contributed by atoms with Crippen LogP contribution in [0.1, 0.15) is 11.3 Å². The van der Waals surface area contributed by atoms with Gasteiger partial charge < -0.3 is 20.6 Å². The molecule has 150 valence electrons. The first-order valence-corrected chi connectivity index (χ1v) is 9.36. The molecule has 0 aliphatic carbocycles. The Labute approximate surface area is 174 Å². The first-order valence-electron chi connectivity index (χ1n) is 8.11. The second-order valence-corrected chi connectivity index (χ2v) is 6.78. The molecule has 29 heavy (non-hydrogen) atoms. The van der Waals surface area contributed by atoms with Crippen LogP contribution < -0.4 is 21.1 Å². The van der Waals surface area contributed by atoms with Gasteiger partial charge >= 0.3 is 6.03 Å². The van der Waals surface area contributed by atoms with E-state index in [2.05, 4.69) is 35.6 Å². The van der Waals surface area contributed by atoms with Crippen LogP contribution in [0.25, 0.3) is 0 Å². The van der Waals surface area contributed by atoms with Crippen LogP contribution in [0.15, 0.2) is 35.1 Å². The van der Waals surface area contributed by atoms with Crippen molar-refractivity contribution >= 4 is 51.8 Å². The summed E-state index contributed by atoms with van der Waals surface area (Å²) in [5, 5.41) is 11.5. The fraction of sp³-hybridized carbons (Fsp3) is 0.118. The number of urea groups is 1. The lowest BCUT2D eigenvalue weighted by molar-refractivity contribution is 0.215. The number of nitrogens with zero attached hydrogens (tertiary/aromatic N) is 4. The van der Waals surface area contributed by atoms with Gasteiger partial charge in [-0.15, -0.1) is 11.3 Å². The Morgan fingerprint density at radius 1 is 1.34 bits per heavy atom. The summed E-state index contributed by atoms with van der Waals surface area (Å²) < 4.78 is 5.73. The first-order chi connectivity index (χ1) is 14.0. The maximum absolute atomic E-state index is 12.1. The number of benzene rings is 1. The largest absolute Gasteiger partial charge is 0.438 e. The molecule has 2 heterocycles. The number of carbonyl (C=O) groups is 1. The Hall–Kier alpha value is -3.44. The Bertz CT molecular complexity index is 1060. The summed E-state index contributed by atoms with van der Waals surface area (Å²) in [6.07, 6.45) is 2.60. The number of nitrogens with one attached hydrogen (secondary N) is 2. The van der Waals surface area contributed by atoms with E-state index in [1.807, 2.05) is 12.3 Å². The highest BCUT2D eigenvalue weighted by atomic mass is 35.5. The highest BCUT2D eigenvalue weighted by Gasteiger charge is 2.13. The predicted molar refractivity (Wildman–Crippen MR) is 112 cm³/mol. The first kappa shape index (κ1) is 20.3. The van der Waals surface area contributed by atoms with Crippen LogP contribution in [0.3, 0.4) is 0 Å². The van der Waals surface area contributed by atoms with Crippen molar-refractivity contribution in [3.05, 3.63) is 46.2 Å². The van der Waals surface area contributed by atoms with Gasteiger partial charge in [-0.3, -0.25) is 5.32 Å². The second-order valence-electron chi connectivity index (χ2n) is 5.51. The van der Waals surface area contributed by atoms with Gasteiger partial charge in [0.05, 0.1) is 22.6 Å². The zero-order valence-electron chi connectivity index (χ0n) is 15.3. The molecule has 10 nitrogen and oxygen atoms in total. The number of hydrogen-bond donors (Lipinski definition) is 3. The van der Waals surface area contributed by atoms with E-state index in [0.717, 1.165) is 5.69 Å². The summed E-state index contributed by atoms with van der Waals surface area (Å²) in [7, 11) is 1.40. The van der Waals surface area contributed by atoms with Crippen LogP contribution >= 0.6 is 22.9 Å². The number of nitrogens with two attached hydrogens (primary N) is 1. The van der Waals surface area contributed by atoms with Gasteiger partial charge in [0.15, 0.2) is 5.13 Å². The van der Waals surface area contributed by atoms with Gasteiger partial charge in [-0.1, -0.05) is 16.8 Å². The molecule has 0 unspecified atom stereocenters. The summed E-state index contributed by atoms with van der Waals surface area (Å²) in [4.78, 5) is 28.9. The van der Waals surface area contributed by atoms with E-state index in [-0.39, 0.29) is 16.7 Å². The van der Waals surface area contributed by atoms with Crippen molar-refractivity contribution in [2.75, 3.05) is 23.5 Å². The van der Waals surface area contributed by atoms with Crippen LogP contribution in [0.2, 0.25) is 5.02 Å². The number of oxime groups is 1. The molecule has 0 bridgehead atoms. The summed E-state index contributed by atoms with van der Waals surface area (Å²) in [5.74, 6) is 0.725. The SMILES string of the molecule is CO/N=C/c1c(N)ncnc1Oc1ccc(NC(=O)Nc2nc(C)cs2)c(Cl)c1. The molecule has 0 fully saturated rings. The maximum atomic E-state index is 12.1. The lowest BCUT2D eigenvalue weighted by atomic mass is 10.3. The Balaban J connectivity index is 1.72. The van der Waals surface area contributed by atoms with Gasteiger partial charge in [-0.25, -0.2) is 19.7 Å². The van der Waals surface area contributed by atoms with Crippen molar-refractivity contribution in [1.82, 2.24) is 15.0 Å². The monoisotopic (exact) mass is 433 g/mol. The number of rotatable bonds is 6. The Kier molecular flexibility index (Phi) is 6.42. The van der Waals surface area contributed by atoms with Crippen molar-refractivity contribution in [2.45, 2.75) is 6.92 Å². The zero-order chi connectivity index (χ0) is 20.8. The molecular formula is C17H16ClN7O3S. The van der Waals surface area contributed by atoms with Crippen LogP contribution in [0.5, 0.6) is 11.6 Å². The van der Waals surface area contributed by atoms with Gasteiger partial charge in [-0.2, -0.15) is 0 Å². The molecule has 0 spiro atoms. The van der Waals surface area contributed by atoms with Crippen molar-refractivity contribution in [1.29, 1.82) is 0 Å². The molecule has 0 radical (unpaired) electrons. The molecule has 0 aliphatic heterocycles. The molecule has 4 N–H and O–H groups in total. The quantitative estimate of drug-likeness (QED) is 0.396. The highest BCUT2D eigenvalue weighted by Crippen LogP contribution is 2.31. The average molecular weight is 434 g/mol. The zero-order valence-corrected chi connectivity index (χ0v) is 16.9. The molecule has 3 rings (SSSR count). The molecule has 1 aromatic carbocycles. The number of hydrogen-bond acceptors (Lipinski definition) is 9. The third kappa shape index (κ3) is 5.30. The number of amides is 2. The molecule has 0 saturated carbocycles. The minimum atomic E-state index is -0.462. The third-order valence-corrected chi connectivity index (χ3v) is 4.60. The number of halogens is 1. The summed E-state index contributed by atoms with van der Waals surface area (Å²) in [6, 6.07) is 4.28. The topological polar surface area (TPSA) is 137 Å². The van der Waals surface area contributed by atoms with Gasteiger partial charge in [0.25, 0.3) is 0 Å². The van der Waals surface area contributed by atoms with Gasteiger partial charge in [0, 0.05) is 11.4 Å². The van der Waals surface area contributed by atoms with Crippen molar-refractivity contribution in [2.24, 2.45) is 5.16 Å². The van der Waals surface area contributed by atoms with Gasteiger partial charge in [0.2, 0.25) is 5.88 Å². The van der Waals surface area contributed by atoms with E-state index in [0.29, 0.717) is 22.1 Å². The Morgan fingerprint density at radius 3 is 2.86 bits per heavy atom. The molecule has 0 saturated heterocycles. The second kappa shape index (κ2) is 9.17. The number of thiazole rings is 1. The van der Waals surface area contributed by atoms with Crippen molar-refractivity contribution in [3.63, 3.8) is 0 Å². The summed E-state index contributed by atoms with van der Waals surface area (Å²) in [6.45, 7) is 1.84. The van der Waals surface area contributed by atoms with E-state index < -0.39 is 6.03 Å². The van der Waals surface area contributed by atoms with E-state index >= 15 is 0 Å². The summed E-state index contributed by atoms with van der Waals surface area (Å²) >= 11 is 7.59. The van der Waals surface area contributed by atoms with E-state index in [4.69, 9.17) is 22.1 Å². The third-order valence-electron chi connectivity index (χ3n) is 3.41. The molecule has 0 atom stereocenters. The fourth-order valence-corrected chi connectivity index (χ4v) is 3.04. The van der Waals surface area contributed by atoms with Crippen LogP contribution in [-0.4, -0.2) is 34.3 Å². The average Bonchev–Trinajstić information content (AvgIpc) is 3.08. The molecular weight excluding hydrogens is 418 g/mol. The number of aryl methyl sites for hydroxylation is 1. The smallest absolute Gasteiger partial charge is 0.325 e. The standard InChI is InChI=1S/C17H16ClN7O3S/c1-9-7-29-17(23-9)25-16(26)24-13-4-3-10(5-12(13)18)28-15-11(6-22-27-2)14(19)20-8-21-15/h3-8H,1-2H3,(H2,19,20,21)(H2,23,24,25,26)/b22-6+. The van der Waals surface area contributed by atoms with Crippen LogP contribution in [0, 0.1) is 6.92 Å². The lowest BCUT2D eigenvalue weighted by Crippen LogP contribution is -2.19. The van der Waals surface area contributed by atoms with Crippen LogP contribution in [0.4, 0.5) is 21.4 Å². The van der Waals surface area contributed by atoms with Gasteiger partial charge in [0.1, 0.15) is 30.6 Å². The number of anilines is 3. The van der Waals surface area contributed by atoms with E-state index in [1.54, 1.807) is 12.1 Å². The fourth-order valence-electron chi connectivity index (χ4n) is 2.13. The van der Waals surface area contributed by atoms with Crippen molar-refractivity contribution in [3.8, 4) is 11.6 Å². The molecule has 12 heteroatoms. The van der Waals surface area contributed by atoms with E-state index in [1.165, 1.54) is 37.1 Å². The minimum Gasteiger partial charge on any atom is -0.438 e. The van der Waals surface area contributed by atoms with Crippen molar-refractivity contribution < 1.29 is 14.4 Å². The molecule has 2 amide bonds. The normalized spacial score (nSPS) is 10.7. The molecule has 3 aromatic rings.